The molecule has 0 amide bonds. The van der Waals surface area contributed by atoms with E-state index in [0.29, 0.717) is 18.0 Å². The molecular weight excluding hydrogens is 291 g/mol. The summed E-state index contributed by atoms with van der Waals surface area (Å²) < 4.78 is 20.4. The van der Waals surface area contributed by atoms with Crippen molar-refractivity contribution >= 4 is 8.07 Å². The lowest BCUT2D eigenvalue weighted by Crippen LogP contribution is -2.22. The molecule has 0 unspecified atom stereocenters. The Hall–Kier alpha value is -1.80. The quantitative estimate of drug-likeness (QED) is 0.655. The number of hydrogen-bond acceptors (Lipinski definition) is 5. The third-order valence-electron chi connectivity index (χ3n) is 2.95. The van der Waals surface area contributed by atoms with Gasteiger partial charge in [-0.25, -0.2) is 4.39 Å². The second kappa shape index (κ2) is 6.31. The lowest BCUT2D eigenvalue weighted by atomic mass is 10.2. The van der Waals surface area contributed by atoms with Crippen LogP contribution in [-0.2, 0) is 11.5 Å². The summed E-state index contributed by atoms with van der Waals surface area (Å²) in [5.41, 5.74) is 0.490. The van der Waals surface area contributed by atoms with E-state index in [4.69, 9.17) is 4.74 Å². The number of phenolic OH excluding ortho intramolecular Hbond substituents is 1. The molecule has 2 rings (SSSR count). The molecule has 0 atom stereocenters. The summed E-state index contributed by atoms with van der Waals surface area (Å²) >= 11 is 0. The molecule has 0 aliphatic carbocycles. The minimum Gasteiger partial charge on any atom is -0.505 e. The number of tetrazole rings is 1. The largest absolute Gasteiger partial charge is 0.505 e. The lowest BCUT2D eigenvalue weighted by molar-refractivity contribution is 0.0784. The zero-order valence-electron chi connectivity index (χ0n) is 12.4. The van der Waals surface area contributed by atoms with E-state index in [1.54, 1.807) is 6.07 Å². The molecule has 0 saturated heterocycles. The van der Waals surface area contributed by atoms with Gasteiger partial charge in [-0.3, -0.25) is 0 Å². The van der Waals surface area contributed by atoms with Crippen molar-refractivity contribution < 1.29 is 14.2 Å². The van der Waals surface area contributed by atoms with Crippen LogP contribution in [0.5, 0.6) is 5.75 Å². The molecule has 0 aliphatic heterocycles. The van der Waals surface area contributed by atoms with Crippen LogP contribution < -0.4 is 0 Å². The number of aromatic hydroxyl groups is 1. The van der Waals surface area contributed by atoms with Crippen LogP contribution in [0.25, 0.3) is 11.4 Å². The average Bonchev–Trinajstić information content (AvgIpc) is 2.85. The van der Waals surface area contributed by atoms with Crippen molar-refractivity contribution in [2.75, 3.05) is 6.61 Å². The average molecular weight is 310 g/mol. The molecule has 2 aromatic rings. The first-order valence-corrected chi connectivity index (χ1v) is 10.4. The molecule has 0 fully saturated rings. The number of hydrogen-bond donors (Lipinski definition) is 1. The SMILES string of the molecule is C[Si](C)(C)CCOCn1nnnc1-c1ccc(O)c(F)c1. The van der Waals surface area contributed by atoms with Gasteiger partial charge in [-0.2, -0.15) is 4.68 Å². The van der Waals surface area contributed by atoms with Gasteiger partial charge in [0, 0.05) is 20.2 Å². The van der Waals surface area contributed by atoms with Crippen molar-refractivity contribution in [3.8, 4) is 17.1 Å². The second-order valence-electron chi connectivity index (χ2n) is 6.02. The van der Waals surface area contributed by atoms with Gasteiger partial charge in [-0.1, -0.05) is 19.6 Å². The fourth-order valence-electron chi connectivity index (χ4n) is 1.67. The van der Waals surface area contributed by atoms with Gasteiger partial charge >= 0.3 is 0 Å². The Labute approximate surface area is 123 Å². The van der Waals surface area contributed by atoms with E-state index in [0.717, 1.165) is 6.04 Å². The molecule has 0 bridgehead atoms. The molecule has 0 aliphatic rings. The molecule has 1 aromatic heterocycles. The Balaban J connectivity index is 2.03. The number of rotatable bonds is 6. The molecule has 8 heteroatoms. The zero-order chi connectivity index (χ0) is 15.5. The first kappa shape index (κ1) is 15.6. The van der Waals surface area contributed by atoms with Crippen molar-refractivity contribution in [2.45, 2.75) is 32.4 Å². The third-order valence-corrected chi connectivity index (χ3v) is 4.65. The highest BCUT2D eigenvalue weighted by Gasteiger charge is 2.14. The fraction of sp³-hybridized carbons (Fsp3) is 0.462. The maximum Gasteiger partial charge on any atom is 0.184 e. The van der Waals surface area contributed by atoms with E-state index in [1.807, 2.05) is 0 Å². The van der Waals surface area contributed by atoms with Crippen molar-refractivity contribution in [1.29, 1.82) is 0 Å². The molecule has 1 N–H and O–H groups in total. The maximum atomic E-state index is 13.4. The normalized spacial score (nSPS) is 11.8. The molecule has 1 heterocycles. The van der Waals surface area contributed by atoms with E-state index in [9.17, 15) is 9.50 Å². The van der Waals surface area contributed by atoms with Gasteiger partial charge < -0.3 is 9.84 Å². The molecule has 6 nitrogen and oxygen atoms in total. The summed E-state index contributed by atoms with van der Waals surface area (Å²) in [5.74, 6) is -0.701. The highest BCUT2D eigenvalue weighted by molar-refractivity contribution is 6.76. The van der Waals surface area contributed by atoms with Crippen LogP contribution in [0, 0.1) is 5.82 Å². The Kier molecular flexibility index (Phi) is 4.68. The number of phenols is 1. The van der Waals surface area contributed by atoms with Crippen LogP contribution in [0.4, 0.5) is 4.39 Å². The predicted octanol–water partition coefficient (Wildman–Crippen LogP) is 2.50. The van der Waals surface area contributed by atoms with Gasteiger partial charge in [0.05, 0.1) is 0 Å². The Morgan fingerprint density at radius 3 is 2.76 bits per heavy atom. The standard InChI is InChI=1S/C13H19FN4O2Si/c1-21(2,3)7-6-20-9-18-13(15-16-17-18)10-4-5-12(19)11(14)8-10/h4-5,8,19H,6-7,9H2,1-3H3. The Bertz CT molecular complexity index is 612. The lowest BCUT2D eigenvalue weighted by Gasteiger charge is -2.15. The summed E-state index contributed by atoms with van der Waals surface area (Å²) in [4.78, 5) is 0. The summed E-state index contributed by atoms with van der Waals surface area (Å²) in [6.07, 6.45) is 0. The zero-order valence-corrected chi connectivity index (χ0v) is 13.4. The number of halogens is 1. The molecule has 21 heavy (non-hydrogen) atoms. The van der Waals surface area contributed by atoms with Gasteiger partial charge in [0.15, 0.2) is 17.4 Å². The van der Waals surface area contributed by atoms with Crippen LogP contribution >= 0.6 is 0 Å². The molecule has 0 spiro atoms. The summed E-state index contributed by atoms with van der Waals surface area (Å²) in [7, 11) is -1.13. The van der Waals surface area contributed by atoms with Gasteiger partial charge in [0.1, 0.15) is 6.73 Å². The molecule has 1 aromatic carbocycles. The maximum absolute atomic E-state index is 13.4. The molecule has 0 saturated carbocycles. The third kappa shape index (κ3) is 4.33. The van der Waals surface area contributed by atoms with Gasteiger partial charge in [-0.15, -0.1) is 5.10 Å². The van der Waals surface area contributed by atoms with Crippen LogP contribution in [-0.4, -0.2) is 40.0 Å². The summed E-state index contributed by atoms with van der Waals surface area (Å²) in [5, 5.41) is 20.5. The van der Waals surface area contributed by atoms with Crippen LogP contribution in [0.1, 0.15) is 0 Å². The highest BCUT2D eigenvalue weighted by Crippen LogP contribution is 2.22. The van der Waals surface area contributed by atoms with Gasteiger partial charge in [0.25, 0.3) is 0 Å². The Morgan fingerprint density at radius 1 is 1.33 bits per heavy atom. The monoisotopic (exact) mass is 310 g/mol. The van der Waals surface area contributed by atoms with Gasteiger partial charge in [-0.05, 0) is 34.7 Å². The number of benzene rings is 1. The Morgan fingerprint density at radius 2 is 2.10 bits per heavy atom. The van der Waals surface area contributed by atoms with Crippen molar-refractivity contribution in [1.82, 2.24) is 20.2 Å². The fourth-order valence-corrected chi connectivity index (χ4v) is 2.43. The first-order valence-electron chi connectivity index (χ1n) is 6.69. The number of nitrogens with zero attached hydrogens (tertiary/aromatic N) is 4. The second-order valence-corrected chi connectivity index (χ2v) is 11.6. The number of aromatic nitrogens is 4. The van der Waals surface area contributed by atoms with E-state index < -0.39 is 19.6 Å². The van der Waals surface area contributed by atoms with Crippen LogP contribution in [0.3, 0.4) is 0 Å². The van der Waals surface area contributed by atoms with Crippen molar-refractivity contribution in [3.05, 3.63) is 24.0 Å². The number of ether oxygens (including phenoxy) is 1. The van der Waals surface area contributed by atoms with E-state index in [2.05, 4.69) is 35.2 Å². The van der Waals surface area contributed by atoms with Crippen molar-refractivity contribution in [2.24, 2.45) is 0 Å². The summed E-state index contributed by atoms with van der Waals surface area (Å²) in [6.45, 7) is 7.70. The summed E-state index contributed by atoms with van der Waals surface area (Å²) in [6, 6.07) is 5.08. The van der Waals surface area contributed by atoms with Crippen molar-refractivity contribution in [3.63, 3.8) is 0 Å². The van der Waals surface area contributed by atoms with Crippen LogP contribution in [0.2, 0.25) is 25.7 Å². The van der Waals surface area contributed by atoms with Crippen LogP contribution in [0.15, 0.2) is 18.2 Å². The molecular formula is C13H19FN4O2Si. The molecule has 0 radical (unpaired) electrons. The minimum atomic E-state index is -1.13. The smallest absolute Gasteiger partial charge is 0.184 e. The van der Waals surface area contributed by atoms with Gasteiger partial charge in [0.2, 0.25) is 0 Å². The van der Waals surface area contributed by atoms with E-state index in [-0.39, 0.29) is 6.73 Å². The van der Waals surface area contributed by atoms with E-state index in [1.165, 1.54) is 16.8 Å². The highest BCUT2D eigenvalue weighted by atomic mass is 28.3. The minimum absolute atomic E-state index is 0.218. The first-order chi connectivity index (χ1) is 9.87. The topological polar surface area (TPSA) is 73.1 Å². The molecule has 114 valence electrons. The van der Waals surface area contributed by atoms with E-state index >= 15 is 0 Å². The predicted molar refractivity (Wildman–Crippen MR) is 79.0 cm³/mol.